The van der Waals surface area contributed by atoms with E-state index in [-0.39, 0.29) is 23.9 Å². The smallest absolute Gasteiger partial charge is 0.319 e. The number of para-hydroxylation sites is 2. The van der Waals surface area contributed by atoms with Crippen LogP contribution in [0, 0.1) is 17.5 Å². The van der Waals surface area contributed by atoms with Gasteiger partial charge in [0.1, 0.15) is 17.3 Å². The fourth-order valence-electron chi connectivity index (χ4n) is 3.86. The third-order valence-electron chi connectivity index (χ3n) is 5.57. The van der Waals surface area contributed by atoms with E-state index < -0.39 is 54.6 Å². The highest BCUT2D eigenvalue weighted by molar-refractivity contribution is 7.91. The average Bonchev–Trinajstić information content (AvgIpc) is 3.41. The molecule has 39 heavy (non-hydrogen) atoms. The second-order valence-corrected chi connectivity index (χ2v) is 9.81. The lowest BCUT2D eigenvalue weighted by Crippen LogP contribution is -2.29. The molecule has 1 amide bonds. The molecule has 0 fully saturated rings. The number of hydrogen-bond acceptors (Lipinski definition) is 7. The Bertz CT molecular complexity index is 1790. The van der Waals surface area contributed by atoms with Crippen LogP contribution in [-0.4, -0.2) is 40.5 Å². The molecular weight excluding hydrogens is 535 g/mol. The predicted molar refractivity (Wildman–Crippen MR) is 133 cm³/mol. The molecule has 9 nitrogen and oxygen atoms in total. The number of rotatable bonds is 7. The second kappa shape index (κ2) is 10.2. The molecule has 0 bridgehead atoms. The minimum atomic E-state index is -4.71. The summed E-state index contributed by atoms with van der Waals surface area (Å²) in [5.74, 6) is -4.08. The minimum Gasteiger partial charge on any atom is -0.464 e. The summed E-state index contributed by atoms with van der Waals surface area (Å²) in [6.07, 6.45) is 0.806. The number of halogens is 3. The zero-order valence-corrected chi connectivity index (χ0v) is 20.9. The predicted octanol–water partition coefficient (Wildman–Crippen LogP) is 4.75. The summed E-state index contributed by atoms with van der Waals surface area (Å²) in [6.45, 7) is 1.77. The first-order valence-electron chi connectivity index (χ1n) is 11.5. The summed E-state index contributed by atoms with van der Waals surface area (Å²) in [4.78, 5) is 21.3. The molecule has 0 radical (unpaired) electrons. The van der Waals surface area contributed by atoms with Crippen molar-refractivity contribution in [3.8, 4) is 6.01 Å². The van der Waals surface area contributed by atoms with Crippen molar-refractivity contribution in [2.24, 2.45) is 0 Å². The Labute approximate surface area is 220 Å². The van der Waals surface area contributed by atoms with Crippen LogP contribution in [0.1, 0.15) is 17.3 Å². The van der Waals surface area contributed by atoms with Gasteiger partial charge in [0.05, 0.1) is 23.4 Å². The molecule has 0 saturated heterocycles. The first kappa shape index (κ1) is 25.9. The first-order valence-corrected chi connectivity index (χ1v) is 12.9. The number of benzene rings is 3. The maximum absolute atomic E-state index is 15.0. The summed E-state index contributed by atoms with van der Waals surface area (Å²) in [6, 6.07) is 15.4. The molecule has 0 spiro atoms. The van der Waals surface area contributed by atoms with Crippen molar-refractivity contribution >= 4 is 32.8 Å². The van der Waals surface area contributed by atoms with Crippen molar-refractivity contribution in [2.45, 2.75) is 17.0 Å². The first-order chi connectivity index (χ1) is 18.7. The van der Waals surface area contributed by atoms with Gasteiger partial charge in [0.25, 0.3) is 11.1 Å². The zero-order valence-electron chi connectivity index (χ0n) is 20.1. The van der Waals surface area contributed by atoms with Crippen molar-refractivity contribution in [3.05, 3.63) is 102 Å². The Morgan fingerprint density at radius 2 is 1.59 bits per heavy atom. The van der Waals surface area contributed by atoms with Gasteiger partial charge < -0.3 is 4.74 Å². The van der Waals surface area contributed by atoms with Gasteiger partial charge in [-0.05, 0) is 43.3 Å². The van der Waals surface area contributed by atoms with Crippen LogP contribution in [0.2, 0.25) is 0 Å². The van der Waals surface area contributed by atoms with Crippen molar-refractivity contribution in [1.29, 1.82) is 0 Å². The SMILES string of the molecule is CCOc1ncc(F)c2nc(S(=O)(=O)c3ccccc3N(C(=O)c3ccccc3)c3c(F)cccc3F)nn12. The number of carbonyl (C=O) groups excluding carboxylic acids is 1. The van der Waals surface area contributed by atoms with Gasteiger partial charge in [-0.2, -0.15) is 9.50 Å². The van der Waals surface area contributed by atoms with Gasteiger partial charge in [-0.15, -0.1) is 5.10 Å². The van der Waals surface area contributed by atoms with Gasteiger partial charge in [-0.25, -0.2) is 26.6 Å². The van der Waals surface area contributed by atoms with E-state index in [1.54, 1.807) is 25.1 Å². The summed E-state index contributed by atoms with van der Waals surface area (Å²) in [7, 11) is -4.71. The number of ether oxygens (including phenoxy) is 1. The number of aromatic nitrogens is 4. The average molecular weight is 554 g/mol. The van der Waals surface area contributed by atoms with Gasteiger partial charge in [0.15, 0.2) is 11.5 Å². The lowest BCUT2D eigenvalue weighted by atomic mass is 10.1. The quantitative estimate of drug-likeness (QED) is 0.286. The molecule has 0 aliphatic carbocycles. The lowest BCUT2D eigenvalue weighted by molar-refractivity contribution is 0.0997. The highest BCUT2D eigenvalue weighted by Gasteiger charge is 2.34. The number of sulfone groups is 1. The molecule has 0 saturated carbocycles. The molecule has 0 aliphatic heterocycles. The van der Waals surface area contributed by atoms with E-state index in [0.717, 1.165) is 35.0 Å². The van der Waals surface area contributed by atoms with Crippen LogP contribution in [-0.2, 0) is 9.84 Å². The van der Waals surface area contributed by atoms with Gasteiger partial charge in [0, 0.05) is 5.56 Å². The Morgan fingerprint density at radius 3 is 2.28 bits per heavy atom. The topological polar surface area (TPSA) is 107 Å². The van der Waals surface area contributed by atoms with Crippen molar-refractivity contribution in [2.75, 3.05) is 11.5 Å². The van der Waals surface area contributed by atoms with Gasteiger partial charge in [-0.3, -0.25) is 9.69 Å². The van der Waals surface area contributed by atoms with E-state index in [2.05, 4.69) is 15.1 Å². The number of fused-ring (bicyclic) bond motifs is 1. The Kier molecular flexibility index (Phi) is 6.74. The van der Waals surface area contributed by atoms with Crippen LogP contribution in [0.15, 0.2) is 89.0 Å². The largest absolute Gasteiger partial charge is 0.464 e. The molecule has 2 heterocycles. The van der Waals surface area contributed by atoms with Crippen molar-refractivity contribution in [1.82, 2.24) is 19.6 Å². The molecule has 198 valence electrons. The highest BCUT2D eigenvalue weighted by Crippen LogP contribution is 2.37. The van der Waals surface area contributed by atoms with E-state index in [4.69, 9.17) is 4.74 Å². The number of anilines is 2. The van der Waals surface area contributed by atoms with Crippen molar-refractivity contribution in [3.63, 3.8) is 0 Å². The summed E-state index contributed by atoms with van der Waals surface area (Å²) >= 11 is 0. The molecule has 0 unspecified atom stereocenters. The number of hydrogen-bond donors (Lipinski definition) is 0. The molecule has 5 aromatic rings. The van der Waals surface area contributed by atoms with Gasteiger partial charge in [0.2, 0.25) is 9.84 Å². The fourth-order valence-corrected chi connectivity index (χ4v) is 5.14. The van der Waals surface area contributed by atoms with Gasteiger partial charge >= 0.3 is 6.01 Å². The van der Waals surface area contributed by atoms with Crippen LogP contribution in [0.5, 0.6) is 6.01 Å². The van der Waals surface area contributed by atoms with Crippen LogP contribution in [0.25, 0.3) is 5.65 Å². The fraction of sp³-hybridized carbons (Fsp3) is 0.0769. The number of carbonyl (C=O) groups is 1. The zero-order chi connectivity index (χ0) is 27.7. The molecule has 0 aliphatic rings. The van der Waals surface area contributed by atoms with Crippen molar-refractivity contribution < 1.29 is 31.1 Å². The Morgan fingerprint density at radius 1 is 0.923 bits per heavy atom. The van der Waals surface area contributed by atoms with E-state index in [1.807, 2.05) is 0 Å². The molecule has 0 atom stereocenters. The maximum atomic E-state index is 15.0. The van der Waals surface area contributed by atoms with Gasteiger partial charge in [-0.1, -0.05) is 36.4 Å². The van der Waals surface area contributed by atoms with E-state index >= 15 is 8.78 Å². The summed E-state index contributed by atoms with van der Waals surface area (Å²) < 4.78 is 78.2. The molecule has 2 aromatic heterocycles. The third kappa shape index (κ3) is 4.56. The maximum Gasteiger partial charge on any atom is 0.319 e. The molecule has 0 N–H and O–H groups in total. The molecular formula is C26H18F3N5O4S. The standard InChI is InChI=1S/C26H18F3N5O4S/c1-2-38-26-30-15-19(29)23-31-25(32-34(23)26)39(36,37)21-14-7-6-13-20(21)33(22-17(27)11-8-12-18(22)28)24(35)16-9-4-3-5-10-16/h3-15H,2H2,1H3. The van der Waals surface area contributed by atoms with E-state index in [9.17, 15) is 17.6 Å². The lowest BCUT2D eigenvalue weighted by Gasteiger charge is -2.26. The molecule has 3 aromatic carbocycles. The van der Waals surface area contributed by atoms with Crippen LogP contribution in [0.4, 0.5) is 24.5 Å². The Balaban J connectivity index is 1.74. The number of nitrogens with zero attached hydrogens (tertiary/aromatic N) is 5. The summed E-state index contributed by atoms with van der Waals surface area (Å²) in [5.41, 5.74) is -1.60. The van der Waals surface area contributed by atoms with Crippen LogP contribution in [0.3, 0.4) is 0 Å². The normalized spacial score (nSPS) is 11.5. The second-order valence-electron chi connectivity index (χ2n) is 8.00. The van der Waals surface area contributed by atoms with Crippen LogP contribution < -0.4 is 9.64 Å². The number of amides is 1. The minimum absolute atomic E-state index is 0.0349. The Hall–Kier alpha value is -4.78. The van der Waals surface area contributed by atoms with E-state index in [0.29, 0.717) is 4.90 Å². The third-order valence-corrected chi connectivity index (χ3v) is 7.14. The van der Waals surface area contributed by atoms with Crippen LogP contribution >= 0.6 is 0 Å². The summed E-state index contributed by atoms with van der Waals surface area (Å²) in [5, 5.41) is 3.05. The van der Waals surface area contributed by atoms with E-state index in [1.165, 1.54) is 30.3 Å². The monoisotopic (exact) mass is 553 g/mol. The molecule has 13 heteroatoms. The molecule has 5 rings (SSSR count). The highest BCUT2D eigenvalue weighted by atomic mass is 32.2.